The van der Waals surface area contributed by atoms with Gasteiger partial charge in [0.05, 0.1) is 4.90 Å². The molecular formula is C12H13NO4S. The monoisotopic (exact) mass is 267 g/mol. The normalized spacial score (nSPS) is 12.3. The second-order valence-electron chi connectivity index (χ2n) is 3.58. The van der Waals surface area contributed by atoms with Gasteiger partial charge in [-0.25, -0.2) is 8.42 Å². The highest BCUT2D eigenvalue weighted by molar-refractivity contribution is 7.89. The highest BCUT2D eigenvalue weighted by Gasteiger charge is 2.21. The maximum atomic E-state index is 11.8. The minimum Gasteiger partial charge on any atom is -0.480 e. The zero-order chi connectivity index (χ0) is 13.8. The van der Waals surface area contributed by atoms with Gasteiger partial charge >= 0.3 is 5.97 Å². The first-order valence-electron chi connectivity index (χ1n) is 5.15. The van der Waals surface area contributed by atoms with Gasteiger partial charge in [-0.3, -0.25) is 4.79 Å². The lowest BCUT2D eigenvalue weighted by Gasteiger charge is -2.10. The molecule has 0 aliphatic heterocycles. The number of carboxylic acid groups (broad SMARTS) is 1. The molecule has 1 aromatic carbocycles. The van der Waals surface area contributed by atoms with E-state index >= 15 is 0 Å². The number of hydrogen-bond donors (Lipinski definition) is 2. The number of rotatable bonds is 4. The van der Waals surface area contributed by atoms with Crippen molar-refractivity contribution in [1.82, 2.24) is 4.72 Å². The lowest BCUT2D eigenvalue weighted by molar-refractivity contribution is -0.138. The third-order valence-corrected chi connectivity index (χ3v) is 3.69. The van der Waals surface area contributed by atoms with E-state index in [1.54, 1.807) is 19.1 Å². The van der Waals surface area contributed by atoms with E-state index in [-0.39, 0.29) is 4.90 Å². The summed E-state index contributed by atoms with van der Waals surface area (Å²) in [6.07, 6.45) is 0. The lowest BCUT2D eigenvalue weighted by atomic mass is 10.2. The number of hydrogen-bond acceptors (Lipinski definition) is 3. The third kappa shape index (κ3) is 3.58. The Morgan fingerprint density at radius 2 is 1.89 bits per heavy atom. The molecule has 1 rings (SSSR count). The Kier molecular flexibility index (Phi) is 4.48. The van der Waals surface area contributed by atoms with Crippen molar-refractivity contribution in [1.29, 1.82) is 0 Å². The summed E-state index contributed by atoms with van der Waals surface area (Å²) in [6, 6.07) is 4.73. The van der Waals surface area contributed by atoms with Crippen LogP contribution in [0.5, 0.6) is 0 Å². The van der Waals surface area contributed by atoms with Crippen LogP contribution in [0.4, 0.5) is 0 Å². The van der Waals surface area contributed by atoms with Crippen molar-refractivity contribution >= 4 is 16.0 Å². The molecule has 18 heavy (non-hydrogen) atoms. The molecule has 0 aliphatic carbocycles. The Morgan fingerprint density at radius 1 is 1.33 bits per heavy atom. The number of aliphatic carboxylic acids is 1. The van der Waals surface area contributed by atoms with Crippen LogP contribution >= 0.6 is 0 Å². The predicted molar refractivity (Wildman–Crippen MR) is 66.4 cm³/mol. The van der Waals surface area contributed by atoms with Gasteiger partial charge in [0.15, 0.2) is 0 Å². The van der Waals surface area contributed by atoms with Crippen molar-refractivity contribution in [3.8, 4) is 11.8 Å². The summed E-state index contributed by atoms with van der Waals surface area (Å²) in [6.45, 7) is 2.94. The summed E-state index contributed by atoms with van der Waals surface area (Å²) in [5.41, 5.74) is 0.697. The molecule has 1 atom stereocenters. The van der Waals surface area contributed by atoms with Crippen LogP contribution in [-0.4, -0.2) is 25.5 Å². The van der Waals surface area contributed by atoms with Gasteiger partial charge in [-0.05, 0) is 38.1 Å². The van der Waals surface area contributed by atoms with Crippen molar-refractivity contribution in [3.05, 3.63) is 29.8 Å². The fourth-order valence-electron chi connectivity index (χ4n) is 1.21. The summed E-state index contributed by atoms with van der Waals surface area (Å²) in [5, 5.41) is 8.66. The first kappa shape index (κ1) is 14.2. The number of sulfonamides is 1. The van der Waals surface area contributed by atoms with Gasteiger partial charge in [-0.1, -0.05) is 5.92 Å². The molecule has 96 valence electrons. The van der Waals surface area contributed by atoms with Gasteiger partial charge in [0.25, 0.3) is 0 Å². The Balaban J connectivity index is 2.97. The molecule has 0 fully saturated rings. The maximum Gasteiger partial charge on any atom is 0.321 e. The van der Waals surface area contributed by atoms with E-state index in [0.29, 0.717) is 5.56 Å². The predicted octanol–water partition coefficient (Wildman–Crippen LogP) is 0.809. The van der Waals surface area contributed by atoms with Gasteiger partial charge in [0.2, 0.25) is 10.0 Å². The van der Waals surface area contributed by atoms with Gasteiger partial charge in [0.1, 0.15) is 6.04 Å². The molecule has 0 aliphatic rings. The Labute approximate surface area is 106 Å². The third-order valence-electron chi connectivity index (χ3n) is 2.14. The zero-order valence-electron chi connectivity index (χ0n) is 9.97. The molecule has 0 saturated heterocycles. The summed E-state index contributed by atoms with van der Waals surface area (Å²) < 4.78 is 25.7. The van der Waals surface area contributed by atoms with Crippen LogP contribution in [0, 0.1) is 11.8 Å². The van der Waals surface area contributed by atoms with E-state index in [4.69, 9.17) is 5.11 Å². The van der Waals surface area contributed by atoms with Crippen molar-refractivity contribution in [2.75, 3.05) is 0 Å². The fourth-order valence-corrected chi connectivity index (χ4v) is 2.41. The van der Waals surface area contributed by atoms with Gasteiger partial charge in [0, 0.05) is 5.56 Å². The van der Waals surface area contributed by atoms with Crippen molar-refractivity contribution in [2.24, 2.45) is 0 Å². The highest BCUT2D eigenvalue weighted by atomic mass is 32.2. The van der Waals surface area contributed by atoms with Crippen LogP contribution in [0.15, 0.2) is 29.2 Å². The van der Waals surface area contributed by atoms with Crippen LogP contribution in [0.25, 0.3) is 0 Å². The van der Waals surface area contributed by atoms with E-state index in [1.807, 2.05) is 0 Å². The first-order chi connectivity index (χ1) is 8.36. The molecule has 5 nitrogen and oxygen atoms in total. The molecule has 6 heteroatoms. The topological polar surface area (TPSA) is 83.5 Å². The Bertz CT molecular complexity index is 593. The molecule has 0 saturated carbocycles. The summed E-state index contributed by atoms with van der Waals surface area (Å²) >= 11 is 0. The summed E-state index contributed by atoms with van der Waals surface area (Å²) in [4.78, 5) is 10.6. The van der Waals surface area contributed by atoms with Crippen LogP contribution < -0.4 is 4.72 Å². The van der Waals surface area contributed by atoms with Gasteiger partial charge in [-0.2, -0.15) is 4.72 Å². The minimum atomic E-state index is -3.82. The number of nitrogens with one attached hydrogen (secondary N) is 1. The maximum absolute atomic E-state index is 11.8. The molecule has 0 bridgehead atoms. The zero-order valence-corrected chi connectivity index (χ0v) is 10.8. The van der Waals surface area contributed by atoms with E-state index in [1.165, 1.54) is 19.1 Å². The Hall–Kier alpha value is -1.84. The van der Waals surface area contributed by atoms with Gasteiger partial charge < -0.3 is 5.11 Å². The minimum absolute atomic E-state index is 0.0113. The molecule has 0 spiro atoms. The quantitative estimate of drug-likeness (QED) is 0.791. The average Bonchev–Trinajstić information content (AvgIpc) is 2.29. The summed E-state index contributed by atoms with van der Waals surface area (Å²) in [7, 11) is -3.82. The van der Waals surface area contributed by atoms with Crippen molar-refractivity contribution in [3.63, 3.8) is 0 Å². The molecule has 1 aromatic rings. The fraction of sp³-hybridized carbons (Fsp3) is 0.250. The molecule has 2 N–H and O–H groups in total. The lowest BCUT2D eigenvalue weighted by Crippen LogP contribution is -2.38. The van der Waals surface area contributed by atoms with E-state index < -0.39 is 22.0 Å². The first-order valence-corrected chi connectivity index (χ1v) is 6.63. The second-order valence-corrected chi connectivity index (χ2v) is 5.29. The largest absolute Gasteiger partial charge is 0.480 e. The van der Waals surface area contributed by atoms with Crippen LogP contribution in [0.2, 0.25) is 0 Å². The smallest absolute Gasteiger partial charge is 0.321 e. The Morgan fingerprint density at radius 3 is 2.33 bits per heavy atom. The van der Waals surface area contributed by atoms with Crippen molar-refractivity contribution in [2.45, 2.75) is 24.8 Å². The molecular weight excluding hydrogens is 254 g/mol. The van der Waals surface area contributed by atoms with Crippen LogP contribution in [0.3, 0.4) is 0 Å². The second kappa shape index (κ2) is 5.67. The van der Waals surface area contributed by atoms with E-state index in [9.17, 15) is 13.2 Å². The van der Waals surface area contributed by atoms with Crippen molar-refractivity contribution < 1.29 is 18.3 Å². The van der Waals surface area contributed by atoms with Crippen LogP contribution in [-0.2, 0) is 14.8 Å². The standard InChI is InChI=1S/C12H13NO4S/c1-3-4-10-5-7-11(8-6-10)18(16,17)13-9(2)12(14)15/h5-9,13H,1-2H3,(H,14,15)/t9-/m1/s1. The van der Waals surface area contributed by atoms with E-state index in [2.05, 4.69) is 16.6 Å². The number of carbonyl (C=O) groups is 1. The molecule has 0 radical (unpaired) electrons. The molecule has 0 heterocycles. The average molecular weight is 267 g/mol. The van der Waals surface area contributed by atoms with E-state index in [0.717, 1.165) is 0 Å². The van der Waals surface area contributed by atoms with Gasteiger partial charge in [-0.15, -0.1) is 5.92 Å². The number of carboxylic acids is 1. The SMILES string of the molecule is CC#Cc1ccc(S(=O)(=O)N[C@H](C)C(=O)O)cc1. The van der Waals surface area contributed by atoms with Crippen LogP contribution in [0.1, 0.15) is 19.4 Å². The number of benzene rings is 1. The highest BCUT2D eigenvalue weighted by Crippen LogP contribution is 2.10. The summed E-state index contributed by atoms with van der Waals surface area (Å²) in [5.74, 6) is 4.25. The molecule has 0 unspecified atom stereocenters. The molecule has 0 aromatic heterocycles. The molecule has 0 amide bonds.